The number of fused-ring (bicyclic) bond motifs is 1. The number of aromatic nitrogens is 1. The van der Waals surface area contributed by atoms with E-state index >= 15 is 0 Å². The fourth-order valence-corrected chi connectivity index (χ4v) is 3.89. The number of anilines is 1. The van der Waals surface area contributed by atoms with E-state index in [1.807, 2.05) is 30.3 Å². The minimum absolute atomic E-state index is 0.0457. The van der Waals surface area contributed by atoms with Gasteiger partial charge in [-0.25, -0.2) is 9.37 Å². The molecule has 1 unspecified atom stereocenters. The van der Waals surface area contributed by atoms with Crippen LogP contribution >= 0.6 is 11.6 Å². The van der Waals surface area contributed by atoms with Crippen LogP contribution in [0.3, 0.4) is 0 Å². The lowest BCUT2D eigenvalue weighted by molar-refractivity contribution is -0.137. The van der Waals surface area contributed by atoms with Gasteiger partial charge in [0, 0.05) is 17.3 Å². The summed E-state index contributed by atoms with van der Waals surface area (Å²) in [6, 6.07) is 11.9. The second kappa shape index (κ2) is 9.42. The quantitative estimate of drug-likeness (QED) is 0.368. The molecule has 2 heterocycles. The Balaban J connectivity index is 1.84. The van der Waals surface area contributed by atoms with E-state index < -0.39 is 34.7 Å². The molecule has 0 saturated carbocycles. The number of aliphatic imine (C=N–C) groups is 1. The molecule has 1 aliphatic rings. The van der Waals surface area contributed by atoms with E-state index in [-0.39, 0.29) is 35.1 Å². The lowest BCUT2D eigenvalue weighted by Gasteiger charge is -2.18. The van der Waals surface area contributed by atoms with Crippen LogP contribution in [0, 0.1) is 5.82 Å². The molecule has 3 aromatic rings. The summed E-state index contributed by atoms with van der Waals surface area (Å²) in [7, 11) is 0. The first-order chi connectivity index (χ1) is 16.2. The van der Waals surface area contributed by atoms with Crippen LogP contribution in [0.4, 0.5) is 23.2 Å². The van der Waals surface area contributed by atoms with Crippen molar-refractivity contribution in [2.75, 3.05) is 5.32 Å². The predicted molar refractivity (Wildman–Crippen MR) is 120 cm³/mol. The molecule has 0 fully saturated rings. The van der Waals surface area contributed by atoms with Crippen molar-refractivity contribution in [3.05, 3.63) is 87.8 Å². The molecule has 0 aliphatic carbocycles. The van der Waals surface area contributed by atoms with Crippen molar-refractivity contribution >= 4 is 29.3 Å². The summed E-state index contributed by atoms with van der Waals surface area (Å²) < 4.78 is 61.3. The topological polar surface area (TPSA) is 63.6 Å². The second-order valence-electron chi connectivity index (χ2n) is 7.63. The van der Waals surface area contributed by atoms with Gasteiger partial charge in [-0.3, -0.25) is 4.99 Å². The van der Waals surface area contributed by atoms with Gasteiger partial charge in [0.2, 0.25) is 5.88 Å². The number of benzene rings is 2. The summed E-state index contributed by atoms with van der Waals surface area (Å²) in [5, 5.41) is 2.17. The molecule has 1 aromatic heterocycles. The number of benzodiazepines with no additional fused rings is 1. The SMILES string of the molecule is C[C@@H]1N=C(c2nc(OCc3ccccc3)ccc2F)c2c(ccc(C(F)(F)F)c2Cl)NC1C=O. The van der Waals surface area contributed by atoms with E-state index in [4.69, 9.17) is 16.3 Å². The summed E-state index contributed by atoms with van der Waals surface area (Å²) in [5.41, 5.74) is -0.908. The molecule has 0 radical (unpaired) electrons. The number of pyridine rings is 1. The monoisotopic (exact) mass is 491 g/mol. The molecule has 4 rings (SSSR count). The van der Waals surface area contributed by atoms with Gasteiger partial charge in [0.25, 0.3) is 0 Å². The summed E-state index contributed by atoms with van der Waals surface area (Å²) in [5.74, 6) is -0.786. The number of hydrogen-bond donors (Lipinski definition) is 1. The van der Waals surface area contributed by atoms with Gasteiger partial charge < -0.3 is 14.8 Å². The summed E-state index contributed by atoms with van der Waals surface area (Å²) in [6.45, 7) is 1.72. The molecule has 0 saturated heterocycles. The maximum atomic E-state index is 15.0. The van der Waals surface area contributed by atoms with Gasteiger partial charge in [-0.1, -0.05) is 41.9 Å². The zero-order valence-corrected chi connectivity index (χ0v) is 18.5. The van der Waals surface area contributed by atoms with E-state index in [2.05, 4.69) is 15.3 Å². The Hall–Kier alpha value is -3.46. The Morgan fingerprint density at radius 3 is 2.53 bits per heavy atom. The highest BCUT2D eigenvalue weighted by molar-refractivity contribution is 6.37. The highest BCUT2D eigenvalue weighted by atomic mass is 35.5. The van der Waals surface area contributed by atoms with Gasteiger partial charge in [-0.05, 0) is 30.7 Å². The van der Waals surface area contributed by atoms with Crippen LogP contribution in [0.15, 0.2) is 59.6 Å². The number of carbonyl (C=O) groups excluding carboxylic acids is 1. The second-order valence-corrected chi connectivity index (χ2v) is 8.00. The van der Waals surface area contributed by atoms with Crippen LogP contribution in [0.25, 0.3) is 0 Å². The summed E-state index contributed by atoms with van der Waals surface area (Å²) >= 11 is 6.19. The van der Waals surface area contributed by atoms with Crippen molar-refractivity contribution in [2.45, 2.75) is 31.8 Å². The molecule has 10 heteroatoms. The van der Waals surface area contributed by atoms with Gasteiger partial charge in [0.1, 0.15) is 24.6 Å². The molecular weight excluding hydrogens is 474 g/mol. The Morgan fingerprint density at radius 2 is 1.85 bits per heavy atom. The number of halogens is 5. The third-order valence-electron chi connectivity index (χ3n) is 5.28. The van der Waals surface area contributed by atoms with Gasteiger partial charge >= 0.3 is 6.18 Å². The first kappa shape index (κ1) is 23.7. The fourth-order valence-electron chi connectivity index (χ4n) is 3.52. The van der Waals surface area contributed by atoms with Crippen molar-refractivity contribution in [3.63, 3.8) is 0 Å². The van der Waals surface area contributed by atoms with Crippen molar-refractivity contribution in [3.8, 4) is 5.88 Å². The third kappa shape index (κ3) is 4.75. The minimum Gasteiger partial charge on any atom is -0.473 e. The number of hydrogen-bond acceptors (Lipinski definition) is 5. The molecule has 2 aromatic carbocycles. The number of carbonyl (C=O) groups is 1. The number of alkyl halides is 3. The Morgan fingerprint density at radius 1 is 1.12 bits per heavy atom. The predicted octanol–water partition coefficient (Wildman–Crippen LogP) is 5.69. The average molecular weight is 492 g/mol. The van der Waals surface area contributed by atoms with Crippen molar-refractivity contribution in [1.29, 1.82) is 0 Å². The lowest BCUT2D eigenvalue weighted by atomic mass is 10.0. The van der Waals surface area contributed by atoms with Crippen LogP contribution in [0.2, 0.25) is 5.02 Å². The van der Waals surface area contributed by atoms with E-state index in [0.29, 0.717) is 6.29 Å². The Bertz CT molecular complexity index is 1250. The van der Waals surface area contributed by atoms with Gasteiger partial charge in [0.05, 0.1) is 22.3 Å². The molecule has 0 bridgehead atoms. The molecule has 5 nitrogen and oxygen atoms in total. The minimum atomic E-state index is -4.76. The molecule has 0 amide bonds. The first-order valence-electron chi connectivity index (χ1n) is 10.2. The van der Waals surface area contributed by atoms with E-state index in [0.717, 1.165) is 23.8 Å². The van der Waals surface area contributed by atoms with E-state index in [9.17, 15) is 22.4 Å². The van der Waals surface area contributed by atoms with Gasteiger partial charge in [-0.2, -0.15) is 13.2 Å². The lowest BCUT2D eigenvalue weighted by Crippen LogP contribution is -2.31. The van der Waals surface area contributed by atoms with Gasteiger partial charge in [0.15, 0.2) is 5.82 Å². The number of ether oxygens (including phenoxy) is 1. The molecule has 1 aliphatic heterocycles. The third-order valence-corrected chi connectivity index (χ3v) is 5.67. The van der Waals surface area contributed by atoms with Crippen molar-refractivity contribution in [1.82, 2.24) is 4.98 Å². The zero-order chi connectivity index (χ0) is 24.5. The number of nitrogens with zero attached hydrogens (tertiary/aromatic N) is 2. The number of nitrogens with one attached hydrogen (secondary N) is 1. The fraction of sp³-hybridized carbons (Fsp3) is 0.208. The normalized spacial score (nSPS) is 17.8. The average Bonchev–Trinajstić information content (AvgIpc) is 2.95. The number of aldehydes is 1. The molecular formula is C24H18ClF4N3O2. The first-order valence-corrected chi connectivity index (χ1v) is 10.6. The highest BCUT2D eigenvalue weighted by Gasteiger charge is 2.37. The zero-order valence-electron chi connectivity index (χ0n) is 17.7. The van der Waals surface area contributed by atoms with Crippen LogP contribution in [-0.2, 0) is 17.6 Å². The molecule has 2 atom stereocenters. The molecule has 0 spiro atoms. The van der Waals surface area contributed by atoms with E-state index in [1.54, 1.807) is 6.92 Å². The smallest absolute Gasteiger partial charge is 0.417 e. The summed E-state index contributed by atoms with van der Waals surface area (Å²) in [6.07, 6.45) is -4.18. The van der Waals surface area contributed by atoms with Crippen LogP contribution < -0.4 is 10.1 Å². The summed E-state index contributed by atoms with van der Waals surface area (Å²) in [4.78, 5) is 20.1. The number of rotatable bonds is 5. The highest BCUT2D eigenvalue weighted by Crippen LogP contribution is 2.41. The molecule has 176 valence electrons. The standard InChI is InChI=1S/C24H18ClF4N3O2/c1-13-18(11-33)31-17-9-7-15(24(27,28)29)21(25)20(17)23(30-13)22-16(26)8-10-19(32-22)34-12-14-5-3-2-4-6-14/h2-11,13,18,31H,12H2,1H3/t13-,18?/m0/s1. The maximum absolute atomic E-state index is 15.0. The Kier molecular flexibility index (Phi) is 6.56. The van der Waals surface area contributed by atoms with Crippen LogP contribution in [0.1, 0.15) is 29.3 Å². The molecule has 34 heavy (non-hydrogen) atoms. The van der Waals surface area contributed by atoms with Crippen LogP contribution in [0.5, 0.6) is 5.88 Å². The van der Waals surface area contributed by atoms with Crippen molar-refractivity contribution in [2.24, 2.45) is 4.99 Å². The van der Waals surface area contributed by atoms with E-state index in [1.165, 1.54) is 6.07 Å². The molecule has 1 N–H and O–H groups in total. The largest absolute Gasteiger partial charge is 0.473 e. The van der Waals surface area contributed by atoms with Crippen LogP contribution in [-0.4, -0.2) is 29.1 Å². The maximum Gasteiger partial charge on any atom is 0.417 e. The van der Waals surface area contributed by atoms with Crippen molar-refractivity contribution < 1.29 is 27.1 Å². The van der Waals surface area contributed by atoms with Gasteiger partial charge in [-0.15, -0.1) is 0 Å². The Labute approximate surface area is 197 Å².